The van der Waals surface area contributed by atoms with Crippen molar-refractivity contribution in [2.75, 3.05) is 20.1 Å². The lowest BCUT2D eigenvalue weighted by molar-refractivity contribution is 0.234. The summed E-state index contributed by atoms with van der Waals surface area (Å²) in [7, 11) is 2.19. The van der Waals surface area contributed by atoms with Crippen LogP contribution in [0, 0.1) is 0 Å². The largest absolute Gasteiger partial charge is 0.329 e. The molecule has 0 aliphatic rings. The molecule has 1 atom stereocenters. The van der Waals surface area contributed by atoms with Gasteiger partial charge in [0.2, 0.25) is 0 Å². The SMILES string of the molecule is CCCCC(CN)N(C)CCc1ccccc1. The highest BCUT2D eigenvalue weighted by Gasteiger charge is 2.11. The zero-order chi connectivity index (χ0) is 12.5. The maximum Gasteiger partial charge on any atom is 0.0215 e. The Kier molecular flexibility index (Phi) is 6.90. The molecule has 17 heavy (non-hydrogen) atoms. The third kappa shape index (κ3) is 5.33. The van der Waals surface area contributed by atoms with Gasteiger partial charge in [0.15, 0.2) is 0 Å². The van der Waals surface area contributed by atoms with Gasteiger partial charge in [0.05, 0.1) is 0 Å². The molecule has 1 rings (SSSR count). The zero-order valence-electron chi connectivity index (χ0n) is 11.2. The third-order valence-corrected chi connectivity index (χ3v) is 3.38. The summed E-state index contributed by atoms with van der Waals surface area (Å²) in [6, 6.07) is 11.2. The molecule has 0 bridgehead atoms. The second-order valence-electron chi connectivity index (χ2n) is 4.75. The summed E-state index contributed by atoms with van der Waals surface area (Å²) in [5, 5.41) is 0. The van der Waals surface area contributed by atoms with E-state index in [1.165, 1.54) is 24.8 Å². The van der Waals surface area contributed by atoms with E-state index in [0.29, 0.717) is 6.04 Å². The van der Waals surface area contributed by atoms with Crippen molar-refractivity contribution < 1.29 is 0 Å². The Bertz CT molecular complexity index is 284. The van der Waals surface area contributed by atoms with Gasteiger partial charge in [0, 0.05) is 19.1 Å². The second kappa shape index (κ2) is 8.26. The van der Waals surface area contributed by atoms with E-state index in [1.54, 1.807) is 0 Å². The predicted octanol–water partition coefficient (Wildman–Crippen LogP) is 2.68. The summed E-state index contributed by atoms with van der Waals surface area (Å²) in [6.45, 7) is 4.10. The normalized spacial score (nSPS) is 12.9. The van der Waals surface area contributed by atoms with Crippen LogP contribution in [-0.4, -0.2) is 31.1 Å². The molecule has 1 aromatic carbocycles. The number of benzene rings is 1. The van der Waals surface area contributed by atoms with Crippen LogP contribution in [0.3, 0.4) is 0 Å². The van der Waals surface area contributed by atoms with Gasteiger partial charge in [-0.15, -0.1) is 0 Å². The van der Waals surface area contributed by atoms with Crippen molar-refractivity contribution in [2.45, 2.75) is 38.6 Å². The van der Waals surface area contributed by atoms with E-state index in [2.05, 4.69) is 49.2 Å². The highest BCUT2D eigenvalue weighted by molar-refractivity contribution is 5.14. The summed E-state index contributed by atoms with van der Waals surface area (Å²) in [5.74, 6) is 0. The summed E-state index contributed by atoms with van der Waals surface area (Å²) in [4.78, 5) is 2.41. The minimum Gasteiger partial charge on any atom is -0.329 e. The number of nitrogens with zero attached hydrogens (tertiary/aromatic N) is 1. The van der Waals surface area contributed by atoms with Crippen LogP contribution >= 0.6 is 0 Å². The molecule has 0 aromatic heterocycles. The average Bonchev–Trinajstić information content (AvgIpc) is 2.38. The van der Waals surface area contributed by atoms with Gasteiger partial charge in [-0.05, 0) is 25.5 Å². The molecule has 0 amide bonds. The Balaban J connectivity index is 2.34. The van der Waals surface area contributed by atoms with Crippen LogP contribution in [0.1, 0.15) is 31.7 Å². The molecule has 0 radical (unpaired) electrons. The number of rotatable bonds is 8. The number of hydrogen-bond donors (Lipinski definition) is 1. The molecular weight excluding hydrogens is 208 g/mol. The van der Waals surface area contributed by atoms with Crippen molar-refractivity contribution in [3.05, 3.63) is 35.9 Å². The topological polar surface area (TPSA) is 29.3 Å². The molecule has 96 valence electrons. The van der Waals surface area contributed by atoms with Crippen LogP contribution in [0.25, 0.3) is 0 Å². The Morgan fingerprint density at radius 1 is 1.24 bits per heavy atom. The minimum atomic E-state index is 0.540. The molecule has 0 aliphatic heterocycles. The van der Waals surface area contributed by atoms with Crippen molar-refractivity contribution in [2.24, 2.45) is 5.73 Å². The van der Waals surface area contributed by atoms with Crippen LogP contribution < -0.4 is 5.73 Å². The zero-order valence-corrected chi connectivity index (χ0v) is 11.2. The average molecular weight is 234 g/mol. The van der Waals surface area contributed by atoms with Crippen LogP contribution in [0.2, 0.25) is 0 Å². The summed E-state index contributed by atoms with van der Waals surface area (Å²) < 4.78 is 0. The molecule has 2 heteroatoms. The van der Waals surface area contributed by atoms with Gasteiger partial charge in [-0.3, -0.25) is 0 Å². The number of unbranched alkanes of at least 4 members (excludes halogenated alkanes) is 1. The highest BCUT2D eigenvalue weighted by atomic mass is 15.1. The highest BCUT2D eigenvalue weighted by Crippen LogP contribution is 2.08. The predicted molar refractivity (Wildman–Crippen MR) is 75.1 cm³/mol. The first kappa shape index (κ1) is 14.2. The van der Waals surface area contributed by atoms with Crippen LogP contribution in [-0.2, 0) is 6.42 Å². The number of likely N-dealkylation sites (N-methyl/N-ethyl adjacent to an activating group) is 1. The molecular formula is C15H26N2. The quantitative estimate of drug-likeness (QED) is 0.749. The summed E-state index contributed by atoms with van der Waals surface area (Å²) >= 11 is 0. The van der Waals surface area contributed by atoms with Crippen molar-refractivity contribution >= 4 is 0 Å². The second-order valence-corrected chi connectivity index (χ2v) is 4.75. The van der Waals surface area contributed by atoms with E-state index in [-0.39, 0.29) is 0 Å². The van der Waals surface area contributed by atoms with Gasteiger partial charge in [-0.1, -0.05) is 50.1 Å². The molecule has 0 aliphatic carbocycles. The van der Waals surface area contributed by atoms with Crippen LogP contribution in [0.15, 0.2) is 30.3 Å². The van der Waals surface area contributed by atoms with Crippen molar-refractivity contribution in [3.63, 3.8) is 0 Å². The molecule has 1 unspecified atom stereocenters. The Morgan fingerprint density at radius 3 is 2.53 bits per heavy atom. The van der Waals surface area contributed by atoms with E-state index in [4.69, 9.17) is 5.73 Å². The third-order valence-electron chi connectivity index (χ3n) is 3.38. The van der Waals surface area contributed by atoms with E-state index in [9.17, 15) is 0 Å². The number of nitrogens with two attached hydrogens (primary N) is 1. The van der Waals surface area contributed by atoms with E-state index in [1.807, 2.05) is 0 Å². The van der Waals surface area contributed by atoms with Crippen LogP contribution in [0.4, 0.5) is 0 Å². The number of hydrogen-bond acceptors (Lipinski definition) is 2. The van der Waals surface area contributed by atoms with Gasteiger partial charge in [0.25, 0.3) is 0 Å². The van der Waals surface area contributed by atoms with E-state index < -0.39 is 0 Å². The minimum absolute atomic E-state index is 0.540. The summed E-state index contributed by atoms with van der Waals surface area (Å²) in [5.41, 5.74) is 7.25. The fourth-order valence-corrected chi connectivity index (χ4v) is 2.09. The van der Waals surface area contributed by atoms with Gasteiger partial charge in [-0.2, -0.15) is 0 Å². The molecule has 0 heterocycles. The lowest BCUT2D eigenvalue weighted by Gasteiger charge is -2.26. The smallest absolute Gasteiger partial charge is 0.0215 e. The molecule has 0 saturated heterocycles. The van der Waals surface area contributed by atoms with E-state index >= 15 is 0 Å². The van der Waals surface area contributed by atoms with Crippen molar-refractivity contribution in [1.29, 1.82) is 0 Å². The molecule has 2 N–H and O–H groups in total. The molecule has 2 nitrogen and oxygen atoms in total. The van der Waals surface area contributed by atoms with E-state index in [0.717, 1.165) is 19.5 Å². The first-order valence-electron chi connectivity index (χ1n) is 6.72. The van der Waals surface area contributed by atoms with Gasteiger partial charge in [-0.25, -0.2) is 0 Å². The maximum atomic E-state index is 5.84. The fraction of sp³-hybridized carbons (Fsp3) is 0.600. The summed E-state index contributed by atoms with van der Waals surface area (Å²) in [6.07, 6.45) is 4.86. The molecule has 0 spiro atoms. The van der Waals surface area contributed by atoms with Gasteiger partial charge in [0.1, 0.15) is 0 Å². The van der Waals surface area contributed by atoms with Gasteiger partial charge >= 0.3 is 0 Å². The molecule has 0 fully saturated rings. The molecule has 0 saturated carbocycles. The Morgan fingerprint density at radius 2 is 1.94 bits per heavy atom. The first-order chi connectivity index (χ1) is 8.27. The first-order valence-corrected chi connectivity index (χ1v) is 6.72. The lowest BCUT2D eigenvalue weighted by Crippen LogP contribution is -2.39. The standard InChI is InChI=1S/C15H26N2/c1-3-4-10-15(13-16)17(2)12-11-14-8-6-5-7-9-14/h5-9,15H,3-4,10-13,16H2,1-2H3. The van der Waals surface area contributed by atoms with Crippen molar-refractivity contribution in [1.82, 2.24) is 4.90 Å². The molecule has 1 aromatic rings. The Labute approximate surface area is 106 Å². The maximum absolute atomic E-state index is 5.84. The Hall–Kier alpha value is -0.860. The van der Waals surface area contributed by atoms with Crippen molar-refractivity contribution in [3.8, 4) is 0 Å². The lowest BCUT2D eigenvalue weighted by atomic mass is 10.1. The monoisotopic (exact) mass is 234 g/mol. The van der Waals surface area contributed by atoms with Crippen LogP contribution in [0.5, 0.6) is 0 Å². The van der Waals surface area contributed by atoms with Gasteiger partial charge < -0.3 is 10.6 Å². The fourth-order valence-electron chi connectivity index (χ4n) is 2.09.